The van der Waals surface area contributed by atoms with Crippen LogP contribution in [0, 0.1) is 20.8 Å². The third kappa shape index (κ3) is 3.14. The van der Waals surface area contributed by atoms with Crippen LogP contribution in [-0.4, -0.2) is 29.9 Å². The summed E-state index contributed by atoms with van der Waals surface area (Å²) < 4.78 is 1.88. The van der Waals surface area contributed by atoms with Crippen molar-refractivity contribution in [3.05, 3.63) is 52.6 Å². The highest BCUT2D eigenvalue weighted by Crippen LogP contribution is 2.18. The van der Waals surface area contributed by atoms with Crippen LogP contribution in [0.5, 0.6) is 0 Å². The maximum Gasteiger partial charge on any atom is 0.167 e. The summed E-state index contributed by atoms with van der Waals surface area (Å²) in [6, 6.07) is 6.10. The standard InChI is InChI=1S/C16H21N7/c1-9-5-6-10(2)13(7-9)23-15(18-12(4)22-23)8-14-19-16(11(3)17)21-20-14/h5-7,11H,8,17H2,1-4H3,(H,19,20,21). The quantitative estimate of drug-likeness (QED) is 0.767. The van der Waals surface area contributed by atoms with E-state index in [1.54, 1.807) is 0 Å². The molecule has 1 unspecified atom stereocenters. The molecule has 0 saturated carbocycles. The van der Waals surface area contributed by atoms with Gasteiger partial charge in [0.1, 0.15) is 17.5 Å². The highest BCUT2D eigenvalue weighted by molar-refractivity contribution is 5.43. The molecule has 0 fully saturated rings. The Hall–Kier alpha value is -2.54. The van der Waals surface area contributed by atoms with Crippen LogP contribution in [0.15, 0.2) is 18.2 Å². The number of benzene rings is 1. The first-order valence-electron chi connectivity index (χ1n) is 7.61. The number of rotatable bonds is 4. The molecule has 0 saturated heterocycles. The molecule has 3 aromatic rings. The fourth-order valence-corrected chi connectivity index (χ4v) is 2.46. The zero-order valence-electron chi connectivity index (χ0n) is 13.8. The molecule has 1 aromatic carbocycles. The van der Waals surface area contributed by atoms with Crippen molar-refractivity contribution in [2.45, 2.75) is 40.2 Å². The zero-order chi connectivity index (χ0) is 16.6. The molecule has 0 aliphatic carbocycles. The van der Waals surface area contributed by atoms with E-state index < -0.39 is 0 Å². The number of H-pyrrole nitrogens is 1. The van der Waals surface area contributed by atoms with E-state index in [9.17, 15) is 0 Å². The summed E-state index contributed by atoms with van der Waals surface area (Å²) in [6.45, 7) is 7.88. The van der Waals surface area contributed by atoms with Crippen LogP contribution in [0.3, 0.4) is 0 Å². The van der Waals surface area contributed by atoms with Crippen molar-refractivity contribution >= 4 is 0 Å². The SMILES string of the molecule is Cc1ccc(C)c(-n2nc(C)nc2Cc2nc(C(C)N)n[nH]2)c1. The van der Waals surface area contributed by atoms with E-state index in [1.807, 2.05) is 18.5 Å². The zero-order valence-corrected chi connectivity index (χ0v) is 13.8. The average Bonchev–Trinajstić information content (AvgIpc) is 3.09. The Morgan fingerprint density at radius 2 is 2.00 bits per heavy atom. The summed E-state index contributed by atoms with van der Waals surface area (Å²) >= 11 is 0. The average molecular weight is 311 g/mol. The third-order valence-corrected chi connectivity index (χ3v) is 3.65. The molecular formula is C16H21N7. The fraction of sp³-hybridized carbons (Fsp3) is 0.375. The predicted molar refractivity (Wildman–Crippen MR) is 87.4 cm³/mol. The number of nitrogens with zero attached hydrogens (tertiary/aromatic N) is 5. The molecular weight excluding hydrogens is 290 g/mol. The van der Waals surface area contributed by atoms with Gasteiger partial charge in [0.15, 0.2) is 5.82 Å². The normalized spacial score (nSPS) is 12.6. The molecule has 3 N–H and O–H groups in total. The maximum atomic E-state index is 5.80. The minimum atomic E-state index is -0.196. The van der Waals surface area contributed by atoms with Crippen LogP contribution in [0.1, 0.15) is 47.4 Å². The van der Waals surface area contributed by atoms with Crippen molar-refractivity contribution in [1.82, 2.24) is 29.9 Å². The smallest absolute Gasteiger partial charge is 0.167 e. The Morgan fingerprint density at radius 3 is 2.70 bits per heavy atom. The van der Waals surface area contributed by atoms with Gasteiger partial charge in [-0.05, 0) is 44.9 Å². The van der Waals surface area contributed by atoms with Gasteiger partial charge in [-0.25, -0.2) is 14.6 Å². The molecule has 0 aliphatic heterocycles. The molecule has 23 heavy (non-hydrogen) atoms. The van der Waals surface area contributed by atoms with E-state index in [4.69, 9.17) is 5.73 Å². The van der Waals surface area contributed by atoms with Gasteiger partial charge in [0, 0.05) is 0 Å². The van der Waals surface area contributed by atoms with Crippen LogP contribution < -0.4 is 5.73 Å². The fourth-order valence-electron chi connectivity index (χ4n) is 2.46. The van der Waals surface area contributed by atoms with Crippen molar-refractivity contribution in [2.75, 3.05) is 0 Å². The van der Waals surface area contributed by atoms with Crippen LogP contribution in [0.25, 0.3) is 5.69 Å². The lowest BCUT2D eigenvalue weighted by Crippen LogP contribution is -2.08. The van der Waals surface area contributed by atoms with Crippen molar-refractivity contribution in [3.63, 3.8) is 0 Å². The van der Waals surface area contributed by atoms with Crippen molar-refractivity contribution < 1.29 is 0 Å². The van der Waals surface area contributed by atoms with E-state index >= 15 is 0 Å². The Balaban J connectivity index is 1.98. The maximum absolute atomic E-state index is 5.80. The van der Waals surface area contributed by atoms with Gasteiger partial charge in [0.25, 0.3) is 0 Å². The molecule has 7 nitrogen and oxygen atoms in total. The minimum absolute atomic E-state index is 0.196. The molecule has 0 amide bonds. The summed E-state index contributed by atoms with van der Waals surface area (Å²) in [7, 11) is 0. The molecule has 3 rings (SSSR count). The second-order valence-corrected chi connectivity index (χ2v) is 5.88. The summed E-state index contributed by atoms with van der Waals surface area (Å²) in [5.41, 5.74) is 9.17. The van der Waals surface area contributed by atoms with Gasteiger partial charge in [-0.15, -0.1) is 0 Å². The van der Waals surface area contributed by atoms with Gasteiger partial charge in [0.2, 0.25) is 0 Å². The first kappa shape index (κ1) is 15.4. The van der Waals surface area contributed by atoms with Crippen LogP contribution in [0.4, 0.5) is 0 Å². The Kier molecular flexibility index (Phi) is 3.96. The number of aromatic nitrogens is 6. The predicted octanol–water partition coefficient (Wildman–Crippen LogP) is 1.92. The number of aromatic amines is 1. The Labute approximate surface area is 135 Å². The lowest BCUT2D eigenvalue weighted by atomic mass is 10.1. The summed E-state index contributed by atoms with van der Waals surface area (Å²) in [4.78, 5) is 8.96. The first-order valence-corrected chi connectivity index (χ1v) is 7.61. The monoisotopic (exact) mass is 311 g/mol. The van der Waals surface area contributed by atoms with Gasteiger partial charge in [-0.1, -0.05) is 12.1 Å². The van der Waals surface area contributed by atoms with Gasteiger partial charge >= 0.3 is 0 Å². The van der Waals surface area contributed by atoms with Crippen LogP contribution >= 0.6 is 0 Å². The second-order valence-electron chi connectivity index (χ2n) is 5.88. The molecule has 2 heterocycles. The molecule has 0 spiro atoms. The van der Waals surface area contributed by atoms with Gasteiger partial charge in [-0.2, -0.15) is 10.2 Å². The van der Waals surface area contributed by atoms with E-state index in [2.05, 4.69) is 57.3 Å². The van der Waals surface area contributed by atoms with Crippen LogP contribution in [-0.2, 0) is 6.42 Å². The first-order chi connectivity index (χ1) is 10.9. The number of hydrogen-bond acceptors (Lipinski definition) is 5. The number of nitrogens with one attached hydrogen (secondary N) is 1. The summed E-state index contributed by atoms with van der Waals surface area (Å²) in [5.74, 6) is 2.89. The van der Waals surface area contributed by atoms with E-state index in [0.29, 0.717) is 12.2 Å². The van der Waals surface area contributed by atoms with Crippen molar-refractivity contribution in [3.8, 4) is 5.69 Å². The molecule has 0 bridgehead atoms. The minimum Gasteiger partial charge on any atom is -0.321 e. The number of nitrogens with two attached hydrogens (primary N) is 1. The Bertz CT molecular complexity index is 829. The van der Waals surface area contributed by atoms with Gasteiger partial charge < -0.3 is 5.73 Å². The molecule has 120 valence electrons. The van der Waals surface area contributed by atoms with E-state index in [-0.39, 0.29) is 6.04 Å². The van der Waals surface area contributed by atoms with Crippen molar-refractivity contribution in [1.29, 1.82) is 0 Å². The largest absolute Gasteiger partial charge is 0.321 e. The number of hydrogen-bond donors (Lipinski definition) is 2. The molecule has 1 atom stereocenters. The summed E-state index contributed by atoms with van der Waals surface area (Å²) in [5, 5.41) is 11.6. The highest BCUT2D eigenvalue weighted by atomic mass is 15.4. The molecule has 7 heteroatoms. The Morgan fingerprint density at radius 1 is 1.22 bits per heavy atom. The molecule has 0 aliphatic rings. The van der Waals surface area contributed by atoms with E-state index in [0.717, 1.165) is 28.7 Å². The van der Waals surface area contributed by atoms with Gasteiger partial charge in [-0.3, -0.25) is 5.10 Å². The lowest BCUT2D eigenvalue weighted by molar-refractivity contribution is 0.744. The highest BCUT2D eigenvalue weighted by Gasteiger charge is 2.15. The van der Waals surface area contributed by atoms with E-state index in [1.165, 1.54) is 5.56 Å². The molecule has 0 radical (unpaired) electrons. The third-order valence-electron chi connectivity index (χ3n) is 3.65. The van der Waals surface area contributed by atoms with Gasteiger partial charge in [0.05, 0.1) is 18.2 Å². The topological polar surface area (TPSA) is 98.3 Å². The van der Waals surface area contributed by atoms with Crippen LogP contribution in [0.2, 0.25) is 0 Å². The van der Waals surface area contributed by atoms with Crippen molar-refractivity contribution in [2.24, 2.45) is 5.73 Å². The summed E-state index contributed by atoms with van der Waals surface area (Å²) in [6.07, 6.45) is 0.522. The lowest BCUT2D eigenvalue weighted by Gasteiger charge is -2.09. The number of aryl methyl sites for hydroxylation is 3. The second kappa shape index (κ2) is 5.92. The molecule has 2 aromatic heterocycles.